The number of hydrogen-bond donors (Lipinski definition) is 6. The van der Waals surface area contributed by atoms with Crippen molar-refractivity contribution >= 4 is 45.2 Å². The zero-order valence-electron chi connectivity index (χ0n) is 42.4. The zero-order valence-corrected chi connectivity index (χ0v) is 42.4. The minimum atomic E-state index is -1.46. The lowest BCUT2D eigenvalue weighted by molar-refractivity contribution is -0.120. The van der Waals surface area contributed by atoms with Crippen molar-refractivity contribution in [3.05, 3.63) is 144 Å². The lowest BCUT2D eigenvalue weighted by Crippen LogP contribution is -2.24. The summed E-state index contributed by atoms with van der Waals surface area (Å²) in [6.07, 6.45) is 3.47. The van der Waals surface area contributed by atoms with Crippen LogP contribution in [0.5, 0.6) is 34.5 Å². The van der Waals surface area contributed by atoms with Gasteiger partial charge in [-0.2, -0.15) is 0 Å². The molecule has 4 aromatic heterocycles. The molecule has 0 bridgehead atoms. The van der Waals surface area contributed by atoms with Gasteiger partial charge in [-0.3, -0.25) is 19.2 Å². The number of carbonyl (C=O) groups excluding carboxylic acids is 4. The van der Waals surface area contributed by atoms with Crippen molar-refractivity contribution in [3.63, 3.8) is 0 Å². The van der Waals surface area contributed by atoms with Crippen molar-refractivity contribution < 1.29 is 66.6 Å². The number of ether oxygens (including phenoxy) is 6. The molecule has 0 saturated carbocycles. The Balaban J connectivity index is 0.000000221. The molecule has 0 aliphatic carbocycles. The average Bonchev–Trinajstić information content (AvgIpc) is 4.06. The number of Topliss-reactive ketones (excluding diaryl/α,β-unsaturated/α-hetero) is 2. The molecular weight excluding hydrogens is 987 g/mol. The van der Waals surface area contributed by atoms with Gasteiger partial charge in [-0.15, -0.1) is 0 Å². The molecule has 0 aliphatic heterocycles. The van der Waals surface area contributed by atoms with Gasteiger partial charge in [-0.1, -0.05) is 24.3 Å². The molecule has 396 valence electrons. The molecule has 0 saturated heterocycles. The second-order valence-corrected chi connectivity index (χ2v) is 17.9. The number of nitrogens with two attached hydrogens (primary N) is 2. The number of rotatable bonds is 22. The van der Waals surface area contributed by atoms with Crippen LogP contribution in [0, 0.1) is 11.6 Å². The average molecular weight is 1040 g/mol. The van der Waals surface area contributed by atoms with Crippen LogP contribution >= 0.6 is 0 Å². The van der Waals surface area contributed by atoms with Crippen LogP contribution in [0.1, 0.15) is 71.6 Å². The molecule has 8 rings (SSSR count). The number of aromatic amines is 2. The van der Waals surface area contributed by atoms with E-state index in [1.165, 1.54) is 64.8 Å². The topological polar surface area (TPSA) is 274 Å². The molecule has 8 N–H and O–H groups in total. The first-order valence-corrected chi connectivity index (χ1v) is 23.6. The Kier molecular flexibility index (Phi) is 17.0. The summed E-state index contributed by atoms with van der Waals surface area (Å²) < 4.78 is 60.6. The first-order chi connectivity index (χ1) is 36.3. The number of fused-ring (bicyclic) bond motifs is 2. The summed E-state index contributed by atoms with van der Waals surface area (Å²) >= 11 is 0. The van der Waals surface area contributed by atoms with E-state index in [0.717, 1.165) is 0 Å². The summed E-state index contributed by atoms with van der Waals surface area (Å²) in [4.78, 5) is 63.0. The van der Waals surface area contributed by atoms with E-state index < -0.39 is 34.7 Å². The second-order valence-electron chi connectivity index (χ2n) is 17.9. The molecule has 20 heteroatoms. The number of primary amides is 2. The van der Waals surface area contributed by atoms with E-state index in [4.69, 9.17) is 39.9 Å². The number of H-pyrrole nitrogens is 2. The molecular formula is C56H56F2N6O12. The molecule has 4 heterocycles. The largest absolute Gasteiger partial charge is 0.494 e. The van der Waals surface area contributed by atoms with Gasteiger partial charge in [0.1, 0.15) is 45.7 Å². The monoisotopic (exact) mass is 1040 g/mol. The van der Waals surface area contributed by atoms with Crippen LogP contribution in [0.3, 0.4) is 0 Å². The molecule has 4 aromatic carbocycles. The summed E-state index contributed by atoms with van der Waals surface area (Å²) in [6.45, 7) is 2.51. The van der Waals surface area contributed by atoms with Crippen LogP contribution in [0.2, 0.25) is 0 Å². The number of ketones is 2. The van der Waals surface area contributed by atoms with Gasteiger partial charge in [0.05, 0.1) is 50.9 Å². The van der Waals surface area contributed by atoms with Crippen molar-refractivity contribution in [1.82, 2.24) is 19.9 Å². The van der Waals surface area contributed by atoms with Crippen molar-refractivity contribution in [2.75, 3.05) is 41.7 Å². The molecule has 0 aliphatic rings. The van der Waals surface area contributed by atoms with Gasteiger partial charge in [0, 0.05) is 58.3 Å². The fourth-order valence-corrected chi connectivity index (χ4v) is 8.31. The van der Waals surface area contributed by atoms with E-state index in [0.29, 0.717) is 78.3 Å². The number of nitrogens with one attached hydrogen (secondary N) is 2. The van der Waals surface area contributed by atoms with Crippen LogP contribution in [0.4, 0.5) is 8.78 Å². The van der Waals surface area contributed by atoms with Gasteiger partial charge in [-0.05, 0) is 99.5 Å². The van der Waals surface area contributed by atoms with E-state index in [9.17, 15) is 38.2 Å². The number of carbonyl (C=O) groups is 4. The van der Waals surface area contributed by atoms with E-state index in [-0.39, 0.29) is 73.5 Å². The molecule has 0 spiro atoms. The highest BCUT2D eigenvalue weighted by molar-refractivity contribution is 5.99. The Morgan fingerprint density at radius 1 is 0.539 bits per heavy atom. The third-order valence-electron chi connectivity index (χ3n) is 12.5. The highest BCUT2D eigenvalue weighted by Gasteiger charge is 2.30. The van der Waals surface area contributed by atoms with Crippen LogP contribution in [0.15, 0.2) is 109 Å². The summed E-state index contributed by atoms with van der Waals surface area (Å²) in [5, 5.41) is 23.8. The molecule has 0 radical (unpaired) electrons. The SMILES string of the molecule is COc1cc(C(=O)CCC(C)(O)c2ccc(OC)c(-c3c[nH]c4c(F)cccc34)n2)ccc1OCC(N)=O.COc1cc(C(=O)CCC(C)(O)c2ccc(OC)c(-c3c[nH]c4c(F)cccc34)n2)ccc1OCC(N)=O. The molecule has 18 nitrogen and oxygen atoms in total. The maximum absolute atomic E-state index is 14.2. The number of hydrogen-bond acceptors (Lipinski definition) is 14. The van der Waals surface area contributed by atoms with Crippen molar-refractivity contribution in [2.45, 2.75) is 50.7 Å². The number of amides is 2. The van der Waals surface area contributed by atoms with Gasteiger partial charge in [0.15, 0.2) is 47.8 Å². The number of nitrogens with zero attached hydrogens (tertiary/aromatic N) is 2. The standard InChI is InChI=1S/2C28H28FN3O6/c2*1-28(35,12-11-20(33)16-7-8-21(23(13-16)37-3)38-15-25(30)34)24-10-9-22(36-2)27(32-24)18-14-31-26-17(18)5-4-6-19(26)29/h2*4-10,13-14,31,35H,11-12,15H2,1-3H3,(H2,30,34). The summed E-state index contributed by atoms with van der Waals surface area (Å²) in [5.74, 6) is -0.491. The molecule has 76 heavy (non-hydrogen) atoms. The van der Waals surface area contributed by atoms with Gasteiger partial charge in [0.2, 0.25) is 0 Å². The van der Waals surface area contributed by atoms with Gasteiger partial charge in [0.25, 0.3) is 11.8 Å². The van der Waals surface area contributed by atoms with E-state index in [1.807, 2.05) is 0 Å². The van der Waals surface area contributed by atoms with Gasteiger partial charge >= 0.3 is 0 Å². The fraction of sp³-hybridized carbons (Fsp3) is 0.250. The number of methoxy groups -OCH3 is 4. The predicted molar refractivity (Wildman–Crippen MR) is 278 cm³/mol. The second kappa shape index (κ2) is 23.5. The Bertz CT molecular complexity index is 3220. The van der Waals surface area contributed by atoms with E-state index >= 15 is 0 Å². The molecule has 8 aromatic rings. The fourth-order valence-electron chi connectivity index (χ4n) is 8.31. The normalized spacial score (nSPS) is 12.7. The number of benzene rings is 4. The zero-order chi connectivity index (χ0) is 54.9. The number of pyridine rings is 2. The predicted octanol–water partition coefficient (Wildman–Crippen LogP) is 8.24. The lowest BCUT2D eigenvalue weighted by Gasteiger charge is -2.23. The highest BCUT2D eigenvalue weighted by atomic mass is 19.1. The number of para-hydroxylation sites is 2. The van der Waals surface area contributed by atoms with Crippen molar-refractivity contribution in [2.24, 2.45) is 11.5 Å². The Morgan fingerprint density at radius 2 is 0.908 bits per heavy atom. The smallest absolute Gasteiger partial charge is 0.255 e. The van der Waals surface area contributed by atoms with Crippen molar-refractivity contribution in [3.8, 4) is 57.0 Å². The third kappa shape index (κ3) is 12.4. The maximum atomic E-state index is 14.2. The lowest BCUT2D eigenvalue weighted by atomic mass is 9.92. The first kappa shape index (κ1) is 54.9. The molecule has 2 atom stereocenters. The van der Waals surface area contributed by atoms with Crippen LogP contribution < -0.4 is 39.9 Å². The van der Waals surface area contributed by atoms with Crippen LogP contribution in [-0.2, 0) is 20.8 Å². The number of aliphatic hydroxyl groups is 2. The maximum Gasteiger partial charge on any atom is 0.255 e. The van der Waals surface area contributed by atoms with Crippen LogP contribution in [0.25, 0.3) is 44.3 Å². The number of aromatic nitrogens is 4. The van der Waals surface area contributed by atoms with E-state index in [2.05, 4.69) is 19.9 Å². The Morgan fingerprint density at radius 3 is 1.26 bits per heavy atom. The molecule has 0 fully saturated rings. The van der Waals surface area contributed by atoms with Gasteiger partial charge in [-0.25, -0.2) is 18.7 Å². The Hall–Kier alpha value is -8.88. The third-order valence-corrected chi connectivity index (χ3v) is 12.5. The van der Waals surface area contributed by atoms with E-state index in [1.54, 1.807) is 86.9 Å². The summed E-state index contributed by atoms with van der Waals surface area (Å²) in [5.41, 5.74) is 11.5. The summed E-state index contributed by atoms with van der Waals surface area (Å²) in [6, 6.07) is 25.3. The minimum absolute atomic E-state index is 0.0129. The summed E-state index contributed by atoms with van der Waals surface area (Å²) in [7, 11) is 5.84. The van der Waals surface area contributed by atoms with Gasteiger partial charge < -0.3 is 60.1 Å². The molecule has 2 unspecified atom stereocenters. The molecule has 2 amide bonds. The minimum Gasteiger partial charge on any atom is -0.494 e. The quantitative estimate of drug-likeness (QED) is 0.0349. The van der Waals surface area contributed by atoms with Crippen LogP contribution in [-0.4, -0.2) is 95.2 Å². The Labute approximate surface area is 434 Å². The first-order valence-electron chi connectivity index (χ1n) is 23.6. The van der Waals surface area contributed by atoms with Crippen molar-refractivity contribution in [1.29, 1.82) is 0 Å². The number of halogens is 2. The highest BCUT2D eigenvalue weighted by Crippen LogP contribution is 2.40.